The first-order valence-electron chi connectivity index (χ1n) is 9.96. The number of sulfone groups is 1. The molecule has 0 bridgehead atoms. The molecule has 1 saturated heterocycles. The van der Waals surface area contributed by atoms with Crippen LogP contribution in [0.1, 0.15) is 39.8 Å². The minimum absolute atomic E-state index is 0.0936. The van der Waals surface area contributed by atoms with Gasteiger partial charge < -0.3 is 15.0 Å². The lowest BCUT2D eigenvalue weighted by molar-refractivity contribution is 0.1000. The molecule has 1 aliphatic heterocycles. The SMILES string of the molecule is Cc1ccc(-c2cn([C@@H]3CCS(=O)(=O)C3)c(C)c2COc2ccc(C(N)=O)cn2)cn1. The number of carbonyl (C=O) groups excluding carboxylic acids is 1. The Morgan fingerprint density at radius 1 is 1.19 bits per heavy atom. The summed E-state index contributed by atoms with van der Waals surface area (Å²) in [6.07, 6.45) is 5.78. The zero-order chi connectivity index (χ0) is 22.2. The standard InChI is InChI=1S/C22H24N4O4S/c1-14-3-4-16(9-24-14)19-11-26(18-7-8-31(28,29)13-18)15(2)20(19)12-30-21-6-5-17(10-25-21)22(23)27/h3-6,9-11,18H,7-8,12-13H2,1-2H3,(H2,23,27)/t18-/m1/s1. The summed E-state index contributed by atoms with van der Waals surface area (Å²) in [5, 5.41) is 0. The fraction of sp³-hybridized carbons (Fsp3) is 0.318. The monoisotopic (exact) mass is 440 g/mol. The van der Waals surface area contributed by atoms with Gasteiger partial charge in [0.1, 0.15) is 6.61 Å². The number of aryl methyl sites for hydroxylation is 1. The summed E-state index contributed by atoms with van der Waals surface area (Å²) in [7, 11) is -3.01. The highest BCUT2D eigenvalue weighted by atomic mass is 32.2. The molecule has 1 atom stereocenters. The van der Waals surface area contributed by atoms with Crippen molar-refractivity contribution < 1.29 is 17.9 Å². The summed E-state index contributed by atoms with van der Waals surface area (Å²) in [5.41, 5.74) is 10.3. The second-order valence-corrected chi connectivity index (χ2v) is 10.0. The zero-order valence-electron chi connectivity index (χ0n) is 17.4. The van der Waals surface area contributed by atoms with Crippen molar-refractivity contribution in [3.63, 3.8) is 0 Å². The van der Waals surface area contributed by atoms with E-state index in [0.29, 0.717) is 17.9 Å². The Labute approximate surface area is 181 Å². The summed E-state index contributed by atoms with van der Waals surface area (Å²) in [6, 6.07) is 7.01. The summed E-state index contributed by atoms with van der Waals surface area (Å²) < 4.78 is 32.0. The Hall–Kier alpha value is -3.20. The Morgan fingerprint density at radius 3 is 2.58 bits per heavy atom. The van der Waals surface area contributed by atoms with Gasteiger partial charge in [-0.1, -0.05) is 6.07 Å². The number of pyridine rings is 2. The predicted octanol–water partition coefficient (Wildman–Crippen LogP) is 2.60. The number of rotatable bonds is 6. The van der Waals surface area contributed by atoms with Gasteiger partial charge in [-0.15, -0.1) is 0 Å². The van der Waals surface area contributed by atoms with Crippen molar-refractivity contribution in [3.05, 3.63) is 65.4 Å². The Morgan fingerprint density at radius 2 is 2.00 bits per heavy atom. The minimum Gasteiger partial charge on any atom is -0.473 e. The lowest BCUT2D eigenvalue weighted by Gasteiger charge is -2.14. The number of ether oxygens (including phenoxy) is 1. The molecule has 0 radical (unpaired) electrons. The molecule has 1 fully saturated rings. The highest BCUT2D eigenvalue weighted by Crippen LogP contribution is 2.34. The maximum Gasteiger partial charge on any atom is 0.250 e. The van der Waals surface area contributed by atoms with Gasteiger partial charge in [0, 0.05) is 58.8 Å². The topological polar surface area (TPSA) is 117 Å². The van der Waals surface area contributed by atoms with Crippen LogP contribution in [0.3, 0.4) is 0 Å². The van der Waals surface area contributed by atoms with E-state index in [4.69, 9.17) is 10.5 Å². The third kappa shape index (κ3) is 4.46. The first-order chi connectivity index (χ1) is 14.7. The van der Waals surface area contributed by atoms with Crippen molar-refractivity contribution in [2.75, 3.05) is 11.5 Å². The van der Waals surface area contributed by atoms with Crippen molar-refractivity contribution in [2.45, 2.75) is 32.9 Å². The van der Waals surface area contributed by atoms with Crippen molar-refractivity contribution in [3.8, 4) is 17.0 Å². The molecule has 4 rings (SSSR count). The quantitative estimate of drug-likeness (QED) is 0.630. The molecule has 0 spiro atoms. The van der Waals surface area contributed by atoms with Crippen LogP contribution in [0.5, 0.6) is 5.88 Å². The van der Waals surface area contributed by atoms with E-state index in [9.17, 15) is 13.2 Å². The van der Waals surface area contributed by atoms with Gasteiger partial charge >= 0.3 is 0 Å². The second-order valence-electron chi connectivity index (χ2n) is 7.80. The fourth-order valence-electron chi connectivity index (χ4n) is 3.85. The van der Waals surface area contributed by atoms with E-state index in [2.05, 4.69) is 9.97 Å². The van der Waals surface area contributed by atoms with Gasteiger partial charge in [0.2, 0.25) is 11.8 Å². The van der Waals surface area contributed by atoms with Crippen molar-refractivity contribution >= 4 is 15.7 Å². The summed E-state index contributed by atoms with van der Waals surface area (Å²) in [5.74, 6) is 0.171. The molecule has 0 aliphatic carbocycles. The van der Waals surface area contributed by atoms with Gasteiger partial charge in [-0.25, -0.2) is 13.4 Å². The molecule has 4 heterocycles. The fourth-order valence-corrected chi connectivity index (χ4v) is 5.57. The predicted molar refractivity (Wildman–Crippen MR) is 117 cm³/mol. The van der Waals surface area contributed by atoms with E-state index >= 15 is 0 Å². The molecular weight excluding hydrogens is 416 g/mol. The third-order valence-corrected chi connectivity index (χ3v) is 7.38. The van der Waals surface area contributed by atoms with Gasteiger partial charge in [-0.05, 0) is 32.4 Å². The van der Waals surface area contributed by atoms with Crippen LogP contribution in [0, 0.1) is 13.8 Å². The molecule has 0 unspecified atom stereocenters. The first-order valence-corrected chi connectivity index (χ1v) is 11.8. The molecule has 162 valence electrons. The molecule has 8 nitrogen and oxygen atoms in total. The highest BCUT2D eigenvalue weighted by Gasteiger charge is 2.31. The largest absolute Gasteiger partial charge is 0.473 e. The van der Waals surface area contributed by atoms with Crippen molar-refractivity contribution in [2.24, 2.45) is 5.73 Å². The number of hydrogen-bond acceptors (Lipinski definition) is 6. The smallest absolute Gasteiger partial charge is 0.250 e. The summed E-state index contributed by atoms with van der Waals surface area (Å²) in [4.78, 5) is 19.8. The van der Waals surface area contributed by atoms with Gasteiger partial charge in [0.25, 0.3) is 0 Å². The normalized spacial score (nSPS) is 17.5. The van der Waals surface area contributed by atoms with Crippen molar-refractivity contribution in [1.82, 2.24) is 14.5 Å². The number of aromatic nitrogens is 3. The lowest BCUT2D eigenvalue weighted by atomic mass is 10.1. The Balaban J connectivity index is 1.67. The molecule has 0 aromatic carbocycles. The number of primary amides is 1. The van der Waals surface area contributed by atoms with Crippen LogP contribution in [0.2, 0.25) is 0 Å². The van der Waals surface area contributed by atoms with Gasteiger partial charge in [0.15, 0.2) is 9.84 Å². The van der Waals surface area contributed by atoms with E-state index in [1.54, 1.807) is 12.1 Å². The molecule has 1 aliphatic rings. The lowest BCUT2D eigenvalue weighted by Crippen LogP contribution is -2.12. The molecule has 9 heteroatoms. The number of amides is 1. The van der Waals surface area contributed by atoms with E-state index < -0.39 is 15.7 Å². The summed E-state index contributed by atoms with van der Waals surface area (Å²) >= 11 is 0. The Bertz CT molecular complexity index is 1220. The molecule has 1 amide bonds. The van der Waals surface area contributed by atoms with Crippen molar-refractivity contribution in [1.29, 1.82) is 0 Å². The minimum atomic E-state index is -3.01. The van der Waals surface area contributed by atoms with Crippen LogP contribution < -0.4 is 10.5 Å². The van der Waals surface area contributed by atoms with E-state index in [0.717, 1.165) is 28.1 Å². The van der Waals surface area contributed by atoms with Crippen LogP contribution in [0.25, 0.3) is 11.1 Å². The molecule has 31 heavy (non-hydrogen) atoms. The molecule has 3 aromatic heterocycles. The molecular formula is C22H24N4O4S. The van der Waals surface area contributed by atoms with Gasteiger partial charge in [-0.3, -0.25) is 9.78 Å². The number of nitrogens with zero attached hydrogens (tertiary/aromatic N) is 3. The average Bonchev–Trinajstić information content (AvgIpc) is 3.26. The molecule has 0 saturated carbocycles. The van der Waals surface area contributed by atoms with E-state index in [1.807, 2.05) is 42.9 Å². The highest BCUT2D eigenvalue weighted by molar-refractivity contribution is 7.91. The second kappa shape index (κ2) is 8.14. The van der Waals surface area contributed by atoms with Gasteiger partial charge in [0.05, 0.1) is 17.1 Å². The van der Waals surface area contributed by atoms with Crippen LogP contribution >= 0.6 is 0 Å². The van der Waals surface area contributed by atoms with E-state index in [-0.39, 0.29) is 24.2 Å². The first kappa shape index (κ1) is 21.0. The van der Waals surface area contributed by atoms with Gasteiger partial charge in [-0.2, -0.15) is 0 Å². The number of nitrogens with two attached hydrogens (primary N) is 1. The van der Waals surface area contributed by atoms with Crippen LogP contribution in [-0.4, -0.2) is 40.4 Å². The maximum atomic E-state index is 12.0. The third-order valence-electron chi connectivity index (χ3n) is 5.63. The zero-order valence-corrected chi connectivity index (χ0v) is 18.2. The average molecular weight is 441 g/mol. The van der Waals surface area contributed by atoms with Crippen LogP contribution in [0.15, 0.2) is 42.9 Å². The maximum absolute atomic E-state index is 12.0. The van der Waals surface area contributed by atoms with E-state index in [1.165, 1.54) is 6.20 Å². The number of hydrogen-bond donors (Lipinski definition) is 1. The Kier molecular flexibility index (Phi) is 5.53. The van der Waals surface area contributed by atoms with Crippen LogP contribution in [0.4, 0.5) is 0 Å². The molecule has 3 aromatic rings. The number of carbonyl (C=O) groups is 1. The summed E-state index contributed by atoms with van der Waals surface area (Å²) in [6.45, 7) is 4.14. The van der Waals surface area contributed by atoms with Crippen LogP contribution in [-0.2, 0) is 16.4 Å². The molecule has 2 N–H and O–H groups in total.